The predicted octanol–water partition coefficient (Wildman–Crippen LogP) is 3.31. The molecule has 0 aliphatic carbocycles. The molecule has 2 rings (SSSR count). The van der Waals surface area contributed by atoms with Crippen LogP contribution in [0.2, 0.25) is 0 Å². The number of rotatable bonds is 6. The zero-order valence-electron chi connectivity index (χ0n) is 12.0. The van der Waals surface area contributed by atoms with Crippen molar-refractivity contribution < 1.29 is 4.79 Å². The molecule has 19 heavy (non-hydrogen) atoms. The second-order valence-electron chi connectivity index (χ2n) is 5.67. The van der Waals surface area contributed by atoms with Crippen molar-refractivity contribution in [2.24, 2.45) is 5.92 Å². The van der Waals surface area contributed by atoms with E-state index in [0.717, 1.165) is 25.9 Å². The van der Waals surface area contributed by atoms with E-state index >= 15 is 0 Å². The Morgan fingerprint density at radius 1 is 1.16 bits per heavy atom. The number of aryl methyl sites for hydroxylation is 1. The molecule has 0 atom stereocenters. The molecule has 0 aromatic heterocycles. The Morgan fingerprint density at radius 3 is 2.47 bits per heavy atom. The van der Waals surface area contributed by atoms with E-state index in [-0.39, 0.29) is 0 Å². The van der Waals surface area contributed by atoms with Crippen LogP contribution in [0.15, 0.2) is 30.3 Å². The van der Waals surface area contributed by atoms with Gasteiger partial charge in [-0.25, -0.2) is 0 Å². The van der Waals surface area contributed by atoms with E-state index in [0.29, 0.717) is 11.7 Å². The maximum atomic E-state index is 11.3. The maximum absolute atomic E-state index is 11.3. The summed E-state index contributed by atoms with van der Waals surface area (Å²) in [6, 6.07) is 10.7. The van der Waals surface area contributed by atoms with E-state index in [1.54, 1.807) is 6.92 Å². The van der Waals surface area contributed by atoms with Gasteiger partial charge in [0.15, 0.2) is 0 Å². The van der Waals surface area contributed by atoms with Gasteiger partial charge in [0.05, 0.1) is 0 Å². The molecule has 0 saturated carbocycles. The monoisotopic (exact) mass is 259 g/mol. The number of unbranched alkanes of at least 4 members (excludes halogenated alkanes) is 1. The number of carbonyl (C=O) groups is 1. The lowest BCUT2D eigenvalue weighted by Gasteiger charge is -2.30. The molecule has 1 aromatic rings. The van der Waals surface area contributed by atoms with Gasteiger partial charge in [-0.1, -0.05) is 30.3 Å². The average Bonchev–Trinajstić information content (AvgIpc) is 2.45. The summed E-state index contributed by atoms with van der Waals surface area (Å²) in [6.07, 6.45) is 5.84. The summed E-state index contributed by atoms with van der Waals surface area (Å²) in [6.45, 7) is 5.14. The van der Waals surface area contributed by atoms with Crippen LogP contribution in [0, 0.1) is 5.92 Å². The minimum Gasteiger partial charge on any atom is -0.303 e. The highest BCUT2D eigenvalue weighted by Crippen LogP contribution is 2.18. The van der Waals surface area contributed by atoms with E-state index in [2.05, 4.69) is 35.2 Å². The number of likely N-dealkylation sites (tertiary alicyclic amines) is 1. The van der Waals surface area contributed by atoms with Crippen molar-refractivity contribution >= 4 is 5.78 Å². The number of carbonyl (C=O) groups excluding carboxylic acids is 1. The lowest BCUT2D eigenvalue weighted by Crippen LogP contribution is -2.36. The summed E-state index contributed by atoms with van der Waals surface area (Å²) in [5.74, 6) is 0.712. The minimum absolute atomic E-state index is 0.334. The fourth-order valence-electron chi connectivity index (χ4n) is 2.87. The van der Waals surface area contributed by atoms with Crippen molar-refractivity contribution in [3.63, 3.8) is 0 Å². The highest BCUT2D eigenvalue weighted by molar-refractivity contribution is 5.78. The van der Waals surface area contributed by atoms with Gasteiger partial charge in [-0.05, 0) is 64.2 Å². The van der Waals surface area contributed by atoms with Crippen LogP contribution in [0.5, 0.6) is 0 Å². The van der Waals surface area contributed by atoms with Gasteiger partial charge in [0, 0.05) is 5.92 Å². The Hall–Kier alpha value is -1.15. The first-order chi connectivity index (χ1) is 9.25. The first-order valence-corrected chi connectivity index (χ1v) is 7.52. The highest BCUT2D eigenvalue weighted by atomic mass is 16.1. The molecule has 0 unspecified atom stereocenters. The third kappa shape index (κ3) is 4.79. The molecule has 0 spiro atoms. The van der Waals surface area contributed by atoms with Gasteiger partial charge in [-0.2, -0.15) is 0 Å². The van der Waals surface area contributed by atoms with Crippen molar-refractivity contribution in [2.75, 3.05) is 19.6 Å². The van der Waals surface area contributed by atoms with Crippen molar-refractivity contribution in [2.45, 2.75) is 39.0 Å². The summed E-state index contributed by atoms with van der Waals surface area (Å²) in [4.78, 5) is 13.8. The normalized spacial score (nSPS) is 17.5. The summed E-state index contributed by atoms with van der Waals surface area (Å²) < 4.78 is 0. The molecule has 1 fully saturated rings. The Morgan fingerprint density at radius 2 is 1.84 bits per heavy atom. The molecule has 0 amide bonds. The summed E-state index contributed by atoms with van der Waals surface area (Å²) in [5.41, 5.74) is 1.44. The Balaban J connectivity index is 1.58. The molecule has 1 heterocycles. The van der Waals surface area contributed by atoms with Crippen molar-refractivity contribution in [1.29, 1.82) is 0 Å². The van der Waals surface area contributed by atoms with E-state index < -0.39 is 0 Å². The zero-order chi connectivity index (χ0) is 13.5. The van der Waals surface area contributed by atoms with Crippen LogP contribution >= 0.6 is 0 Å². The average molecular weight is 259 g/mol. The van der Waals surface area contributed by atoms with Gasteiger partial charge in [0.1, 0.15) is 5.78 Å². The third-order valence-electron chi connectivity index (χ3n) is 4.20. The SMILES string of the molecule is CC(=O)C1CCN(CCCCc2ccccc2)CC1. The van der Waals surface area contributed by atoms with Gasteiger partial charge in [0.25, 0.3) is 0 Å². The van der Waals surface area contributed by atoms with Crippen LogP contribution < -0.4 is 0 Å². The van der Waals surface area contributed by atoms with Gasteiger partial charge in [0.2, 0.25) is 0 Å². The molecule has 1 saturated heterocycles. The number of piperidine rings is 1. The molecular formula is C17H25NO. The van der Waals surface area contributed by atoms with E-state index in [4.69, 9.17) is 0 Å². The number of hydrogen-bond acceptors (Lipinski definition) is 2. The number of ketones is 1. The van der Waals surface area contributed by atoms with Crippen LogP contribution in [0.25, 0.3) is 0 Å². The number of benzene rings is 1. The molecule has 1 aliphatic rings. The molecule has 2 heteroatoms. The van der Waals surface area contributed by atoms with Crippen LogP contribution in [-0.2, 0) is 11.2 Å². The Bertz CT molecular complexity index is 380. The smallest absolute Gasteiger partial charge is 0.133 e. The fourth-order valence-corrected chi connectivity index (χ4v) is 2.87. The third-order valence-corrected chi connectivity index (χ3v) is 4.20. The summed E-state index contributed by atoms with van der Waals surface area (Å²) in [7, 11) is 0. The first-order valence-electron chi connectivity index (χ1n) is 7.52. The van der Waals surface area contributed by atoms with E-state index in [1.807, 2.05) is 0 Å². The van der Waals surface area contributed by atoms with E-state index in [9.17, 15) is 4.79 Å². The zero-order valence-corrected chi connectivity index (χ0v) is 12.0. The minimum atomic E-state index is 0.334. The molecule has 2 nitrogen and oxygen atoms in total. The molecule has 0 N–H and O–H groups in total. The maximum Gasteiger partial charge on any atom is 0.133 e. The molecule has 104 valence electrons. The second kappa shape index (κ2) is 7.44. The highest BCUT2D eigenvalue weighted by Gasteiger charge is 2.21. The van der Waals surface area contributed by atoms with Gasteiger partial charge >= 0.3 is 0 Å². The van der Waals surface area contributed by atoms with Crippen LogP contribution in [0.4, 0.5) is 0 Å². The molecule has 0 bridgehead atoms. The first kappa shape index (κ1) is 14.3. The lowest BCUT2D eigenvalue weighted by molar-refractivity contribution is -0.122. The molecular weight excluding hydrogens is 234 g/mol. The number of hydrogen-bond donors (Lipinski definition) is 0. The van der Waals surface area contributed by atoms with Crippen LogP contribution in [0.3, 0.4) is 0 Å². The van der Waals surface area contributed by atoms with Gasteiger partial charge < -0.3 is 4.90 Å². The Labute approximate surface area is 116 Å². The summed E-state index contributed by atoms with van der Waals surface area (Å²) >= 11 is 0. The molecule has 0 radical (unpaired) electrons. The van der Waals surface area contributed by atoms with Gasteiger partial charge in [-0.15, -0.1) is 0 Å². The Kier molecular flexibility index (Phi) is 5.59. The second-order valence-corrected chi connectivity index (χ2v) is 5.67. The number of Topliss-reactive ketones (excluding diaryl/α,β-unsaturated/α-hetero) is 1. The molecule has 1 aliphatic heterocycles. The van der Waals surface area contributed by atoms with Crippen molar-refractivity contribution in [3.05, 3.63) is 35.9 Å². The topological polar surface area (TPSA) is 20.3 Å². The predicted molar refractivity (Wildman–Crippen MR) is 79.2 cm³/mol. The van der Waals surface area contributed by atoms with E-state index in [1.165, 1.54) is 31.4 Å². The lowest BCUT2D eigenvalue weighted by atomic mass is 9.93. The van der Waals surface area contributed by atoms with Crippen molar-refractivity contribution in [1.82, 2.24) is 4.90 Å². The number of nitrogens with zero attached hydrogens (tertiary/aromatic N) is 1. The van der Waals surface area contributed by atoms with Crippen LogP contribution in [-0.4, -0.2) is 30.3 Å². The van der Waals surface area contributed by atoms with Crippen molar-refractivity contribution in [3.8, 4) is 0 Å². The summed E-state index contributed by atoms with van der Waals surface area (Å²) in [5, 5.41) is 0. The fraction of sp³-hybridized carbons (Fsp3) is 0.588. The van der Waals surface area contributed by atoms with Crippen LogP contribution in [0.1, 0.15) is 38.2 Å². The molecule has 1 aromatic carbocycles. The largest absolute Gasteiger partial charge is 0.303 e. The standard InChI is InChI=1S/C17H25NO/c1-15(19)17-10-13-18(14-11-17)12-6-5-9-16-7-3-2-4-8-16/h2-4,7-8,17H,5-6,9-14H2,1H3. The van der Waals surface area contributed by atoms with Gasteiger partial charge in [-0.3, -0.25) is 4.79 Å². The quantitative estimate of drug-likeness (QED) is 0.731.